The molecule has 1 fully saturated rings. The Morgan fingerprint density at radius 1 is 1.46 bits per heavy atom. The van der Waals surface area contributed by atoms with Crippen LogP contribution >= 0.6 is 0 Å². The lowest BCUT2D eigenvalue weighted by atomic mass is 9.85. The fraction of sp³-hybridized carbons (Fsp3) is 1.00. The molecule has 1 rings (SSSR count). The summed E-state index contributed by atoms with van der Waals surface area (Å²) in [6, 6.07) is 0. The molecule has 0 radical (unpaired) electrons. The molecule has 2 unspecified atom stereocenters. The molecule has 2 heteroatoms. The first-order valence-corrected chi connectivity index (χ1v) is 5.54. The Morgan fingerprint density at radius 3 is 2.77 bits per heavy atom. The monoisotopic (exact) mass is 186 g/mol. The Bertz CT molecular complexity index is 147. The van der Waals surface area contributed by atoms with E-state index in [9.17, 15) is 5.11 Å². The van der Waals surface area contributed by atoms with E-state index in [1.807, 2.05) is 0 Å². The largest absolute Gasteiger partial charge is 0.393 e. The Labute approximate surface area is 81.3 Å². The number of aliphatic hydroxyl groups excluding tert-OH is 1. The summed E-state index contributed by atoms with van der Waals surface area (Å²) in [5, 5.41) is 9.60. The summed E-state index contributed by atoms with van der Waals surface area (Å²) < 4.78 is 5.83. The maximum absolute atomic E-state index is 9.60. The number of aliphatic hydroxyl groups is 1. The zero-order valence-corrected chi connectivity index (χ0v) is 8.88. The summed E-state index contributed by atoms with van der Waals surface area (Å²) in [6.07, 6.45) is 6.07. The quantitative estimate of drug-likeness (QED) is 0.731. The Balaban J connectivity index is 2.46. The molecular formula is C11H22O2. The highest BCUT2D eigenvalue weighted by Crippen LogP contribution is 2.32. The molecule has 1 aliphatic heterocycles. The van der Waals surface area contributed by atoms with Crippen LogP contribution in [-0.2, 0) is 4.74 Å². The van der Waals surface area contributed by atoms with Gasteiger partial charge in [0.2, 0.25) is 0 Å². The van der Waals surface area contributed by atoms with E-state index >= 15 is 0 Å². The van der Waals surface area contributed by atoms with E-state index in [0.717, 1.165) is 32.3 Å². The minimum Gasteiger partial charge on any atom is -0.393 e. The fourth-order valence-corrected chi connectivity index (χ4v) is 2.10. The Kier molecular flexibility index (Phi) is 4.20. The first-order chi connectivity index (χ1) is 6.22. The number of hydrogen-bond acceptors (Lipinski definition) is 2. The van der Waals surface area contributed by atoms with Crippen molar-refractivity contribution < 1.29 is 9.84 Å². The van der Waals surface area contributed by atoms with Crippen molar-refractivity contribution in [2.45, 2.75) is 64.1 Å². The maximum atomic E-state index is 9.60. The average molecular weight is 186 g/mol. The van der Waals surface area contributed by atoms with Crippen LogP contribution in [0, 0.1) is 0 Å². The third kappa shape index (κ3) is 2.96. The standard InChI is InChI=1S/C11H22O2/c1-3-5-7-11(4-2)9-10(12)6-8-13-11/h10,12H,3-9H2,1-2H3. The van der Waals surface area contributed by atoms with Gasteiger partial charge in [0.15, 0.2) is 0 Å². The number of rotatable bonds is 4. The summed E-state index contributed by atoms with van der Waals surface area (Å²) in [7, 11) is 0. The van der Waals surface area contributed by atoms with E-state index in [1.165, 1.54) is 12.8 Å². The van der Waals surface area contributed by atoms with E-state index < -0.39 is 0 Å². The van der Waals surface area contributed by atoms with Crippen LogP contribution in [0.3, 0.4) is 0 Å². The van der Waals surface area contributed by atoms with Gasteiger partial charge in [0, 0.05) is 13.0 Å². The van der Waals surface area contributed by atoms with Gasteiger partial charge in [0.25, 0.3) is 0 Å². The second-order valence-electron chi connectivity index (χ2n) is 4.14. The van der Waals surface area contributed by atoms with E-state index in [4.69, 9.17) is 4.74 Å². The number of ether oxygens (including phenoxy) is 1. The molecule has 0 aromatic carbocycles. The summed E-state index contributed by atoms with van der Waals surface area (Å²) >= 11 is 0. The van der Waals surface area contributed by atoms with Gasteiger partial charge in [-0.25, -0.2) is 0 Å². The molecule has 0 aromatic heterocycles. The van der Waals surface area contributed by atoms with Crippen LogP contribution in [0.1, 0.15) is 52.4 Å². The molecule has 0 saturated carbocycles. The zero-order chi connectivity index (χ0) is 9.73. The highest BCUT2D eigenvalue weighted by atomic mass is 16.5. The van der Waals surface area contributed by atoms with Crippen molar-refractivity contribution >= 4 is 0 Å². The Morgan fingerprint density at radius 2 is 2.23 bits per heavy atom. The lowest BCUT2D eigenvalue weighted by molar-refractivity contribution is -0.124. The van der Waals surface area contributed by atoms with Gasteiger partial charge in [0.05, 0.1) is 11.7 Å². The van der Waals surface area contributed by atoms with Gasteiger partial charge in [-0.2, -0.15) is 0 Å². The molecule has 0 bridgehead atoms. The molecule has 0 amide bonds. The highest BCUT2D eigenvalue weighted by Gasteiger charge is 2.34. The predicted molar refractivity (Wildman–Crippen MR) is 53.7 cm³/mol. The molecule has 0 aliphatic carbocycles. The van der Waals surface area contributed by atoms with Gasteiger partial charge in [-0.1, -0.05) is 26.7 Å². The second-order valence-corrected chi connectivity index (χ2v) is 4.14. The van der Waals surface area contributed by atoms with E-state index in [2.05, 4.69) is 13.8 Å². The molecule has 2 atom stereocenters. The van der Waals surface area contributed by atoms with Crippen LogP contribution in [0.5, 0.6) is 0 Å². The summed E-state index contributed by atoms with van der Waals surface area (Å²) in [5.74, 6) is 0. The molecule has 1 aliphatic rings. The minimum absolute atomic E-state index is 0.00627. The van der Waals surface area contributed by atoms with Crippen molar-refractivity contribution in [1.29, 1.82) is 0 Å². The molecule has 1 saturated heterocycles. The second kappa shape index (κ2) is 4.97. The van der Waals surface area contributed by atoms with Crippen LogP contribution in [0.2, 0.25) is 0 Å². The van der Waals surface area contributed by atoms with Crippen molar-refractivity contribution in [1.82, 2.24) is 0 Å². The van der Waals surface area contributed by atoms with Gasteiger partial charge < -0.3 is 9.84 Å². The van der Waals surface area contributed by atoms with Gasteiger partial charge in [-0.05, 0) is 19.3 Å². The molecule has 0 aromatic rings. The van der Waals surface area contributed by atoms with Gasteiger partial charge in [0.1, 0.15) is 0 Å². The van der Waals surface area contributed by atoms with Crippen LogP contribution in [0.15, 0.2) is 0 Å². The van der Waals surface area contributed by atoms with E-state index in [0.29, 0.717) is 0 Å². The normalized spacial score (nSPS) is 34.8. The minimum atomic E-state index is -0.134. The predicted octanol–water partition coefficient (Wildman–Crippen LogP) is 2.50. The summed E-state index contributed by atoms with van der Waals surface area (Å²) in [5.41, 5.74) is -0.00627. The number of hydrogen-bond donors (Lipinski definition) is 1. The van der Waals surface area contributed by atoms with Crippen molar-refractivity contribution in [3.8, 4) is 0 Å². The van der Waals surface area contributed by atoms with Crippen molar-refractivity contribution in [2.75, 3.05) is 6.61 Å². The van der Waals surface area contributed by atoms with Crippen molar-refractivity contribution in [3.63, 3.8) is 0 Å². The fourth-order valence-electron chi connectivity index (χ4n) is 2.10. The summed E-state index contributed by atoms with van der Waals surface area (Å²) in [6.45, 7) is 5.09. The first-order valence-electron chi connectivity index (χ1n) is 5.54. The average Bonchev–Trinajstić information content (AvgIpc) is 2.15. The molecule has 0 spiro atoms. The van der Waals surface area contributed by atoms with Gasteiger partial charge in [-0.3, -0.25) is 0 Å². The lowest BCUT2D eigenvalue weighted by Crippen LogP contribution is -2.41. The molecule has 1 N–H and O–H groups in total. The zero-order valence-electron chi connectivity index (χ0n) is 8.88. The third-order valence-electron chi connectivity index (χ3n) is 3.10. The topological polar surface area (TPSA) is 29.5 Å². The van der Waals surface area contributed by atoms with Gasteiger partial charge >= 0.3 is 0 Å². The summed E-state index contributed by atoms with van der Waals surface area (Å²) in [4.78, 5) is 0. The smallest absolute Gasteiger partial charge is 0.0704 e. The van der Waals surface area contributed by atoms with Crippen LogP contribution < -0.4 is 0 Å². The van der Waals surface area contributed by atoms with Crippen LogP contribution in [0.4, 0.5) is 0 Å². The SMILES string of the molecule is CCCCC1(CC)CC(O)CCO1. The van der Waals surface area contributed by atoms with Gasteiger partial charge in [-0.15, -0.1) is 0 Å². The molecule has 2 nitrogen and oxygen atoms in total. The molecule has 1 heterocycles. The van der Waals surface area contributed by atoms with Crippen LogP contribution in [0.25, 0.3) is 0 Å². The van der Waals surface area contributed by atoms with E-state index in [1.54, 1.807) is 0 Å². The van der Waals surface area contributed by atoms with Crippen molar-refractivity contribution in [2.24, 2.45) is 0 Å². The third-order valence-corrected chi connectivity index (χ3v) is 3.10. The number of unbranched alkanes of at least 4 members (excludes halogenated alkanes) is 1. The highest BCUT2D eigenvalue weighted by molar-refractivity contribution is 4.85. The first kappa shape index (κ1) is 11.0. The molecular weight excluding hydrogens is 164 g/mol. The molecule has 78 valence electrons. The van der Waals surface area contributed by atoms with Crippen LogP contribution in [-0.4, -0.2) is 23.4 Å². The Hall–Kier alpha value is -0.0800. The maximum Gasteiger partial charge on any atom is 0.0704 e. The van der Waals surface area contributed by atoms with E-state index in [-0.39, 0.29) is 11.7 Å². The molecule has 13 heavy (non-hydrogen) atoms. The lowest BCUT2D eigenvalue weighted by Gasteiger charge is -2.39. The van der Waals surface area contributed by atoms with Crippen molar-refractivity contribution in [3.05, 3.63) is 0 Å².